The quantitative estimate of drug-likeness (QED) is 0.152. The molecule has 14 aromatic rings. The Morgan fingerprint density at radius 2 is 0.840 bits per heavy atom. The highest BCUT2D eigenvalue weighted by atomic mass is 32.1. The van der Waals surface area contributed by atoms with Crippen LogP contribution in [0.3, 0.4) is 0 Å². The third-order valence-electron chi connectivity index (χ3n) is 15.3. The van der Waals surface area contributed by atoms with Crippen LogP contribution in [-0.4, -0.2) is 15.0 Å². The SMILES string of the molecule is c1ccc(-c2ccc(-c3nc(-c4ccc5c(c4)sc4ccccc45)nc(-c4cccc5oc6ccc(-c7ccc(-c8cccc9c8-c8ccccc8C9(c8ccccc8)c8ccccc8)cc7)cc6c45)n3)cc2)cc1. The summed E-state index contributed by atoms with van der Waals surface area (Å²) in [5.74, 6) is 1.81. The van der Waals surface area contributed by atoms with E-state index >= 15 is 0 Å². The van der Waals surface area contributed by atoms with Crippen molar-refractivity contribution < 1.29 is 4.42 Å². The second-order valence-electron chi connectivity index (χ2n) is 19.4. The number of thiophene rings is 1. The van der Waals surface area contributed by atoms with Gasteiger partial charge in [0.25, 0.3) is 0 Å². The second kappa shape index (κ2) is 17.3. The number of hydrogen-bond donors (Lipinski definition) is 0. The zero-order valence-corrected chi connectivity index (χ0v) is 41.3. The van der Waals surface area contributed by atoms with E-state index < -0.39 is 5.41 Å². The van der Waals surface area contributed by atoms with Gasteiger partial charge in [-0.25, -0.2) is 15.0 Å². The van der Waals surface area contributed by atoms with Crippen molar-refractivity contribution in [2.75, 3.05) is 0 Å². The molecular weight excluding hydrogens is 931 g/mol. The van der Waals surface area contributed by atoms with E-state index in [-0.39, 0.29) is 0 Å². The van der Waals surface area contributed by atoms with Gasteiger partial charge in [0.05, 0.1) is 5.41 Å². The van der Waals surface area contributed by atoms with E-state index in [1.54, 1.807) is 11.3 Å². The van der Waals surface area contributed by atoms with Crippen molar-refractivity contribution in [1.29, 1.82) is 0 Å². The highest BCUT2D eigenvalue weighted by molar-refractivity contribution is 7.25. The molecule has 11 aromatic carbocycles. The van der Waals surface area contributed by atoms with Crippen LogP contribution in [0.5, 0.6) is 0 Å². The van der Waals surface area contributed by atoms with E-state index in [2.05, 4.69) is 243 Å². The summed E-state index contributed by atoms with van der Waals surface area (Å²) in [6.45, 7) is 0. The molecule has 1 aliphatic rings. The molecule has 0 atom stereocenters. The Morgan fingerprint density at radius 1 is 0.307 bits per heavy atom. The third-order valence-corrected chi connectivity index (χ3v) is 16.4. The minimum absolute atomic E-state index is 0.460. The molecule has 0 amide bonds. The van der Waals surface area contributed by atoms with Gasteiger partial charge in [0.1, 0.15) is 11.2 Å². The summed E-state index contributed by atoms with van der Waals surface area (Å²) in [4.78, 5) is 15.8. The van der Waals surface area contributed by atoms with E-state index in [4.69, 9.17) is 19.4 Å². The Hall–Kier alpha value is -9.55. The molecule has 3 heterocycles. The molecule has 0 fully saturated rings. The lowest BCUT2D eigenvalue weighted by atomic mass is 9.67. The van der Waals surface area contributed by atoms with Crippen molar-refractivity contribution in [1.82, 2.24) is 15.0 Å². The number of nitrogens with zero attached hydrogens (tertiary/aromatic N) is 3. The van der Waals surface area contributed by atoms with Crippen LogP contribution in [0.25, 0.3) is 121 Å². The Balaban J connectivity index is 0.842. The van der Waals surface area contributed by atoms with Crippen LogP contribution in [-0.2, 0) is 5.41 Å². The van der Waals surface area contributed by atoms with Crippen LogP contribution in [0.15, 0.2) is 265 Å². The normalized spacial score (nSPS) is 12.6. The van der Waals surface area contributed by atoms with Gasteiger partial charge in [-0.05, 0) is 97.1 Å². The van der Waals surface area contributed by atoms with E-state index in [0.29, 0.717) is 17.5 Å². The first-order chi connectivity index (χ1) is 37.2. The van der Waals surface area contributed by atoms with Crippen LogP contribution in [0, 0.1) is 0 Å². The smallest absolute Gasteiger partial charge is 0.164 e. The topological polar surface area (TPSA) is 51.8 Å². The van der Waals surface area contributed by atoms with Crippen molar-refractivity contribution in [2.24, 2.45) is 0 Å². The van der Waals surface area contributed by atoms with Gasteiger partial charge in [-0.2, -0.15) is 0 Å². The summed E-state index contributed by atoms with van der Waals surface area (Å²) in [6, 6.07) is 93.6. The molecule has 4 nitrogen and oxygen atoms in total. The van der Waals surface area contributed by atoms with Crippen LogP contribution in [0.2, 0.25) is 0 Å². The first-order valence-corrected chi connectivity index (χ1v) is 26.2. The van der Waals surface area contributed by atoms with Crippen molar-refractivity contribution in [3.05, 3.63) is 283 Å². The summed E-state index contributed by atoms with van der Waals surface area (Å²) in [5.41, 5.74) is 18.4. The average molecular weight is 974 g/mol. The van der Waals surface area contributed by atoms with Crippen LogP contribution < -0.4 is 0 Å². The number of hydrogen-bond acceptors (Lipinski definition) is 5. The van der Waals surface area contributed by atoms with Gasteiger partial charge in [0.15, 0.2) is 17.5 Å². The Kier molecular flexibility index (Phi) is 9.94. The zero-order valence-electron chi connectivity index (χ0n) is 40.5. The summed E-state index contributed by atoms with van der Waals surface area (Å²) in [5, 5.41) is 4.45. The van der Waals surface area contributed by atoms with Crippen LogP contribution in [0.4, 0.5) is 0 Å². The summed E-state index contributed by atoms with van der Waals surface area (Å²) < 4.78 is 9.08. The molecule has 0 unspecified atom stereocenters. The molecule has 350 valence electrons. The molecule has 0 radical (unpaired) electrons. The first-order valence-electron chi connectivity index (χ1n) is 25.4. The Bertz CT molecular complexity index is 4470. The molecule has 0 bridgehead atoms. The maximum atomic E-state index is 6.63. The lowest BCUT2D eigenvalue weighted by Gasteiger charge is -2.34. The minimum atomic E-state index is -0.460. The average Bonchev–Trinajstić information content (AvgIpc) is 4.26. The number of fused-ring (bicyclic) bond motifs is 9. The molecule has 5 heteroatoms. The predicted octanol–water partition coefficient (Wildman–Crippen LogP) is 18.5. The van der Waals surface area contributed by atoms with Gasteiger partial charge in [0.2, 0.25) is 0 Å². The van der Waals surface area contributed by atoms with E-state index in [0.717, 1.165) is 60.9 Å². The van der Waals surface area contributed by atoms with Gasteiger partial charge in [0, 0.05) is 47.6 Å². The maximum Gasteiger partial charge on any atom is 0.164 e. The molecular formula is C70H43N3OS. The Labute approximate surface area is 437 Å². The van der Waals surface area contributed by atoms with Crippen LogP contribution >= 0.6 is 11.3 Å². The van der Waals surface area contributed by atoms with Gasteiger partial charge in [-0.1, -0.05) is 231 Å². The number of furan rings is 1. The second-order valence-corrected chi connectivity index (χ2v) is 20.5. The lowest BCUT2D eigenvalue weighted by molar-refractivity contribution is 0.669. The van der Waals surface area contributed by atoms with E-state index in [9.17, 15) is 0 Å². The monoisotopic (exact) mass is 973 g/mol. The lowest BCUT2D eigenvalue weighted by Crippen LogP contribution is -2.28. The van der Waals surface area contributed by atoms with E-state index in [1.165, 1.54) is 64.7 Å². The fourth-order valence-corrected chi connectivity index (χ4v) is 13.0. The predicted molar refractivity (Wildman–Crippen MR) is 310 cm³/mol. The summed E-state index contributed by atoms with van der Waals surface area (Å²) in [7, 11) is 0. The van der Waals surface area contributed by atoms with Gasteiger partial charge in [-0.3, -0.25) is 0 Å². The van der Waals surface area contributed by atoms with Crippen molar-refractivity contribution in [2.45, 2.75) is 5.41 Å². The molecule has 0 saturated heterocycles. The molecule has 0 saturated carbocycles. The van der Waals surface area contributed by atoms with Gasteiger partial charge < -0.3 is 4.42 Å². The molecule has 0 aliphatic heterocycles. The number of rotatable bonds is 8. The zero-order chi connectivity index (χ0) is 49.5. The van der Waals surface area contributed by atoms with Crippen LogP contribution in [0.1, 0.15) is 22.3 Å². The van der Waals surface area contributed by atoms with Gasteiger partial charge in [-0.15, -0.1) is 11.3 Å². The van der Waals surface area contributed by atoms with Crippen molar-refractivity contribution in [3.63, 3.8) is 0 Å². The van der Waals surface area contributed by atoms with E-state index in [1.807, 2.05) is 18.2 Å². The first kappa shape index (κ1) is 43.1. The highest BCUT2D eigenvalue weighted by Gasteiger charge is 2.46. The fraction of sp³-hybridized carbons (Fsp3) is 0.0143. The van der Waals surface area contributed by atoms with Gasteiger partial charge >= 0.3 is 0 Å². The standard InChI is InChI=1S/C70H43N3OS/c1-4-16-44(17-5-1)45-32-36-48(37-33-45)67-71-68(50-38-40-55-54-22-11-13-29-63(54)75-64(55)43-50)73-69(72-67)57-25-15-28-62-66(57)58-42-49(39-41-61(58)74-62)46-30-34-47(35-31-46)53-24-14-27-60-65(53)56-23-10-12-26-59(56)70(60,51-18-6-2-7-19-51)52-20-8-3-9-21-52/h1-43H. The molecule has 1 aliphatic carbocycles. The fourth-order valence-electron chi connectivity index (χ4n) is 11.8. The molecule has 0 N–H and O–H groups in total. The molecule has 0 spiro atoms. The number of aromatic nitrogens is 3. The van der Waals surface area contributed by atoms with Crippen molar-refractivity contribution >= 4 is 53.4 Å². The summed E-state index contributed by atoms with van der Waals surface area (Å²) in [6.07, 6.45) is 0. The highest BCUT2D eigenvalue weighted by Crippen LogP contribution is 2.58. The molecule has 15 rings (SSSR count). The maximum absolute atomic E-state index is 6.63. The number of benzene rings is 11. The third kappa shape index (κ3) is 6.93. The largest absolute Gasteiger partial charge is 0.456 e. The Morgan fingerprint density at radius 3 is 1.61 bits per heavy atom. The summed E-state index contributed by atoms with van der Waals surface area (Å²) >= 11 is 1.79. The molecule has 3 aromatic heterocycles. The molecule has 75 heavy (non-hydrogen) atoms. The van der Waals surface area contributed by atoms with Crippen molar-refractivity contribution in [3.8, 4) is 78.7 Å². The minimum Gasteiger partial charge on any atom is -0.456 e.